The molecule has 0 atom stereocenters. The van der Waals surface area contributed by atoms with E-state index in [2.05, 4.69) is 19.9 Å². The lowest BCUT2D eigenvalue weighted by Gasteiger charge is -2.28. The molecule has 0 amide bonds. The van der Waals surface area contributed by atoms with E-state index in [0.29, 0.717) is 0 Å². The van der Waals surface area contributed by atoms with Crippen LogP contribution in [0.25, 0.3) is 0 Å². The molecule has 1 aliphatic carbocycles. The quantitative estimate of drug-likeness (QED) is 0.467. The molecule has 0 spiro atoms. The lowest BCUT2D eigenvalue weighted by Crippen LogP contribution is -2.14. The van der Waals surface area contributed by atoms with Crippen LogP contribution in [0, 0.1) is 11.8 Å². The van der Waals surface area contributed by atoms with Crippen molar-refractivity contribution in [2.24, 2.45) is 11.8 Å². The van der Waals surface area contributed by atoms with E-state index in [4.69, 9.17) is 11.6 Å². The van der Waals surface area contributed by atoms with Gasteiger partial charge in [0, 0.05) is 5.88 Å². The van der Waals surface area contributed by atoms with E-state index < -0.39 is 0 Å². The van der Waals surface area contributed by atoms with E-state index >= 15 is 0 Å². The van der Waals surface area contributed by atoms with Gasteiger partial charge in [0.05, 0.1) is 0 Å². The van der Waals surface area contributed by atoms with E-state index in [-0.39, 0.29) is 0 Å². The molecule has 0 heterocycles. The smallest absolute Gasteiger partial charge is 0.0258 e. The Kier molecular flexibility index (Phi) is 5.62. The van der Waals surface area contributed by atoms with Crippen LogP contribution in [0.4, 0.5) is 0 Å². The molecule has 1 fully saturated rings. The third-order valence-electron chi connectivity index (χ3n) is 3.64. The van der Waals surface area contributed by atoms with Gasteiger partial charge in [-0.05, 0) is 50.9 Å². The summed E-state index contributed by atoms with van der Waals surface area (Å²) in [6, 6.07) is 0. The second-order valence-corrected chi connectivity index (χ2v) is 4.93. The molecule has 0 bridgehead atoms. The van der Waals surface area contributed by atoms with Crippen molar-refractivity contribution in [2.75, 3.05) is 5.88 Å². The minimum atomic E-state index is 0.766. The normalized spacial score (nSPS) is 29.2. The molecule has 0 radical (unpaired) electrons. The molecule has 1 saturated carbocycles. The highest BCUT2D eigenvalue weighted by molar-refractivity contribution is 6.17. The van der Waals surface area contributed by atoms with E-state index in [9.17, 15) is 0 Å². The van der Waals surface area contributed by atoms with Gasteiger partial charge in [-0.15, -0.1) is 11.6 Å². The van der Waals surface area contributed by atoms with Crippen molar-refractivity contribution in [2.45, 2.75) is 52.4 Å². The second kappa shape index (κ2) is 6.50. The van der Waals surface area contributed by atoms with Crippen molar-refractivity contribution >= 4 is 11.6 Å². The van der Waals surface area contributed by atoms with Crippen molar-refractivity contribution in [3.8, 4) is 0 Å². The summed E-state index contributed by atoms with van der Waals surface area (Å²) in [6.45, 7) is 4.60. The van der Waals surface area contributed by atoms with E-state index in [1.807, 2.05) is 0 Å². The van der Waals surface area contributed by atoms with Crippen molar-refractivity contribution in [3.05, 3.63) is 11.6 Å². The van der Waals surface area contributed by atoms with Gasteiger partial charge in [0.1, 0.15) is 0 Å². The van der Waals surface area contributed by atoms with Gasteiger partial charge in [-0.3, -0.25) is 0 Å². The Morgan fingerprint density at radius 1 is 1.29 bits per heavy atom. The molecule has 0 aliphatic heterocycles. The van der Waals surface area contributed by atoms with Crippen LogP contribution in [0.15, 0.2) is 11.6 Å². The first-order valence-electron chi connectivity index (χ1n) is 6.00. The molecule has 0 saturated heterocycles. The van der Waals surface area contributed by atoms with Crippen molar-refractivity contribution < 1.29 is 0 Å². The highest BCUT2D eigenvalue weighted by Crippen LogP contribution is 2.34. The first-order chi connectivity index (χ1) is 6.77. The molecule has 1 rings (SSSR count). The van der Waals surface area contributed by atoms with E-state index in [1.54, 1.807) is 5.57 Å². The summed E-state index contributed by atoms with van der Waals surface area (Å²) >= 11 is 5.69. The van der Waals surface area contributed by atoms with Crippen LogP contribution < -0.4 is 0 Å². The fourth-order valence-electron chi connectivity index (χ4n) is 2.47. The summed E-state index contributed by atoms with van der Waals surface area (Å²) in [5.41, 5.74) is 1.58. The van der Waals surface area contributed by atoms with Crippen LogP contribution in [0.5, 0.6) is 0 Å². The Bertz CT molecular complexity index is 176. The van der Waals surface area contributed by atoms with E-state index in [0.717, 1.165) is 24.1 Å². The van der Waals surface area contributed by atoms with Crippen molar-refractivity contribution in [1.82, 2.24) is 0 Å². The lowest BCUT2D eigenvalue weighted by molar-refractivity contribution is 0.295. The third kappa shape index (κ3) is 3.65. The minimum absolute atomic E-state index is 0.766. The molecule has 1 heteroatoms. The molecule has 0 unspecified atom stereocenters. The molecule has 14 heavy (non-hydrogen) atoms. The SMILES string of the molecule is CCC1CCC(C(C)=CCCCl)CC1. The van der Waals surface area contributed by atoms with Gasteiger partial charge in [-0.1, -0.05) is 25.0 Å². The monoisotopic (exact) mass is 214 g/mol. The Labute approximate surface area is 93.7 Å². The molecule has 1 aliphatic rings. The van der Waals surface area contributed by atoms with Crippen molar-refractivity contribution in [3.63, 3.8) is 0 Å². The second-order valence-electron chi connectivity index (χ2n) is 4.55. The summed E-state index contributed by atoms with van der Waals surface area (Å²) in [7, 11) is 0. The molecule has 0 N–H and O–H groups in total. The maximum absolute atomic E-state index is 5.69. The van der Waals surface area contributed by atoms with Gasteiger partial charge in [0.2, 0.25) is 0 Å². The van der Waals surface area contributed by atoms with Crippen molar-refractivity contribution in [1.29, 1.82) is 0 Å². The first kappa shape index (κ1) is 12.1. The summed E-state index contributed by atoms with van der Waals surface area (Å²) in [6.07, 6.45) is 10.4. The number of rotatable bonds is 4. The predicted octanol–water partition coefficient (Wildman–Crippen LogP) is 4.78. The lowest BCUT2D eigenvalue weighted by atomic mass is 9.78. The fraction of sp³-hybridized carbons (Fsp3) is 0.846. The van der Waals surface area contributed by atoms with Crippen LogP contribution in [-0.2, 0) is 0 Å². The number of hydrogen-bond acceptors (Lipinski definition) is 0. The number of alkyl halides is 1. The third-order valence-corrected chi connectivity index (χ3v) is 3.86. The largest absolute Gasteiger partial charge is 0.126 e. The van der Waals surface area contributed by atoms with Gasteiger partial charge in [0.25, 0.3) is 0 Å². The average molecular weight is 215 g/mol. The standard InChI is InChI=1S/C13H23Cl/c1-3-12-6-8-13(9-7-12)11(2)5-4-10-14/h5,12-13H,3-4,6-10H2,1-2H3. The number of hydrogen-bond donors (Lipinski definition) is 0. The molecule has 0 aromatic heterocycles. The maximum atomic E-state index is 5.69. The van der Waals surface area contributed by atoms with E-state index in [1.165, 1.54) is 32.1 Å². The van der Waals surface area contributed by atoms with Gasteiger partial charge >= 0.3 is 0 Å². The molecule has 0 aromatic carbocycles. The Morgan fingerprint density at radius 2 is 1.93 bits per heavy atom. The van der Waals surface area contributed by atoms with Gasteiger partial charge < -0.3 is 0 Å². The van der Waals surface area contributed by atoms with Gasteiger partial charge in [-0.2, -0.15) is 0 Å². The molecule has 0 aromatic rings. The number of allylic oxidation sites excluding steroid dienone is 2. The van der Waals surface area contributed by atoms with Gasteiger partial charge in [0.15, 0.2) is 0 Å². The van der Waals surface area contributed by atoms with Crippen LogP contribution in [0.1, 0.15) is 52.4 Å². The number of halogens is 1. The zero-order chi connectivity index (χ0) is 10.4. The van der Waals surface area contributed by atoms with Crippen LogP contribution in [0.3, 0.4) is 0 Å². The van der Waals surface area contributed by atoms with Crippen LogP contribution >= 0.6 is 11.6 Å². The Hall–Kier alpha value is 0.0300. The molecular weight excluding hydrogens is 192 g/mol. The maximum Gasteiger partial charge on any atom is 0.0258 e. The van der Waals surface area contributed by atoms with Crippen LogP contribution in [-0.4, -0.2) is 5.88 Å². The highest BCUT2D eigenvalue weighted by Gasteiger charge is 2.20. The minimum Gasteiger partial charge on any atom is -0.126 e. The topological polar surface area (TPSA) is 0 Å². The molecular formula is C13H23Cl. The fourth-order valence-corrected chi connectivity index (χ4v) is 2.58. The molecule has 82 valence electrons. The Morgan fingerprint density at radius 3 is 2.43 bits per heavy atom. The highest BCUT2D eigenvalue weighted by atomic mass is 35.5. The zero-order valence-corrected chi connectivity index (χ0v) is 10.3. The summed E-state index contributed by atoms with van der Waals surface area (Å²) < 4.78 is 0. The summed E-state index contributed by atoms with van der Waals surface area (Å²) in [5, 5.41) is 0. The Balaban J connectivity index is 2.33. The first-order valence-corrected chi connectivity index (χ1v) is 6.54. The predicted molar refractivity (Wildman–Crippen MR) is 64.8 cm³/mol. The van der Waals surface area contributed by atoms with Crippen LogP contribution in [0.2, 0.25) is 0 Å². The zero-order valence-electron chi connectivity index (χ0n) is 9.56. The average Bonchev–Trinajstić information content (AvgIpc) is 2.26. The summed E-state index contributed by atoms with van der Waals surface area (Å²) in [4.78, 5) is 0. The molecule has 0 nitrogen and oxygen atoms in total. The van der Waals surface area contributed by atoms with Gasteiger partial charge in [-0.25, -0.2) is 0 Å². The summed E-state index contributed by atoms with van der Waals surface area (Å²) in [5.74, 6) is 2.63.